The Morgan fingerprint density at radius 3 is 2.87 bits per heavy atom. The summed E-state index contributed by atoms with van der Waals surface area (Å²) < 4.78 is 13.3. The number of rotatable bonds is 2. The molecule has 1 aromatic rings. The van der Waals surface area contributed by atoms with Gasteiger partial charge in [0, 0.05) is 5.69 Å². The van der Waals surface area contributed by atoms with E-state index in [1.165, 1.54) is 6.07 Å². The molecule has 3 nitrogen and oxygen atoms in total. The standard InChI is InChI=1S/C9H5BrClFN2O/c10-9-6(11)3-5(4-7(9)12)14-8(15)1-2-13/h3-4H,1H2,(H,14,15). The number of amides is 1. The van der Waals surface area contributed by atoms with Crippen LogP contribution < -0.4 is 5.32 Å². The smallest absolute Gasteiger partial charge is 0.238 e. The van der Waals surface area contributed by atoms with E-state index in [0.717, 1.165) is 6.07 Å². The van der Waals surface area contributed by atoms with Crippen LogP contribution in [0.4, 0.5) is 10.1 Å². The van der Waals surface area contributed by atoms with Gasteiger partial charge in [-0.25, -0.2) is 4.39 Å². The van der Waals surface area contributed by atoms with Crippen LogP contribution in [0.2, 0.25) is 5.02 Å². The van der Waals surface area contributed by atoms with Gasteiger partial charge in [0.1, 0.15) is 12.2 Å². The van der Waals surface area contributed by atoms with Crippen molar-refractivity contribution in [2.45, 2.75) is 6.42 Å². The maximum Gasteiger partial charge on any atom is 0.238 e. The molecular formula is C9H5BrClFN2O. The number of anilines is 1. The van der Waals surface area contributed by atoms with Crippen molar-refractivity contribution in [1.29, 1.82) is 5.26 Å². The van der Waals surface area contributed by atoms with Gasteiger partial charge in [-0.05, 0) is 28.1 Å². The lowest BCUT2D eigenvalue weighted by Gasteiger charge is -2.05. The molecule has 0 aliphatic heterocycles. The normalized spacial score (nSPS) is 9.47. The average Bonchev–Trinajstić information content (AvgIpc) is 2.14. The van der Waals surface area contributed by atoms with E-state index in [9.17, 15) is 9.18 Å². The van der Waals surface area contributed by atoms with E-state index >= 15 is 0 Å². The summed E-state index contributed by atoms with van der Waals surface area (Å²) in [6.07, 6.45) is -0.282. The molecule has 0 heterocycles. The van der Waals surface area contributed by atoms with Gasteiger partial charge in [-0.15, -0.1) is 0 Å². The zero-order chi connectivity index (χ0) is 11.4. The molecule has 1 N–H and O–H groups in total. The van der Waals surface area contributed by atoms with E-state index in [1.807, 2.05) is 0 Å². The molecular weight excluding hydrogens is 286 g/mol. The zero-order valence-electron chi connectivity index (χ0n) is 7.35. The van der Waals surface area contributed by atoms with Crippen molar-refractivity contribution >= 4 is 39.1 Å². The van der Waals surface area contributed by atoms with Crippen molar-refractivity contribution in [2.24, 2.45) is 0 Å². The van der Waals surface area contributed by atoms with Crippen molar-refractivity contribution in [2.75, 3.05) is 5.32 Å². The fraction of sp³-hybridized carbons (Fsp3) is 0.111. The van der Waals surface area contributed by atoms with Crippen LogP contribution in [0.5, 0.6) is 0 Å². The third kappa shape index (κ3) is 3.18. The fourth-order valence-corrected chi connectivity index (χ4v) is 1.34. The first-order valence-corrected chi connectivity index (χ1v) is 5.03. The van der Waals surface area contributed by atoms with Gasteiger partial charge < -0.3 is 5.32 Å². The predicted molar refractivity (Wildman–Crippen MR) is 58.0 cm³/mol. The Balaban J connectivity index is 2.89. The van der Waals surface area contributed by atoms with E-state index < -0.39 is 11.7 Å². The molecule has 1 amide bonds. The molecule has 0 aliphatic carbocycles. The molecule has 0 radical (unpaired) electrons. The van der Waals surface area contributed by atoms with Gasteiger partial charge in [0.2, 0.25) is 5.91 Å². The van der Waals surface area contributed by atoms with Crippen molar-refractivity contribution in [3.8, 4) is 6.07 Å². The van der Waals surface area contributed by atoms with Crippen molar-refractivity contribution in [1.82, 2.24) is 0 Å². The second-order valence-corrected chi connectivity index (χ2v) is 3.84. The van der Waals surface area contributed by atoms with Crippen molar-refractivity contribution in [3.05, 3.63) is 27.4 Å². The van der Waals surface area contributed by atoms with E-state index in [0.29, 0.717) is 0 Å². The van der Waals surface area contributed by atoms with Gasteiger partial charge in [0.15, 0.2) is 0 Å². The predicted octanol–water partition coefficient (Wildman–Crippen LogP) is 3.09. The number of nitrogens with zero attached hydrogens (tertiary/aromatic N) is 1. The molecule has 6 heteroatoms. The Morgan fingerprint density at radius 2 is 2.33 bits per heavy atom. The molecule has 0 saturated carbocycles. The lowest BCUT2D eigenvalue weighted by Crippen LogP contribution is -2.10. The molecule has 0 aliphatic rings. The monoisotopic (exact) mass is 290 g/mol. The fourth-order valence-electron chi connectivity index (χ4n) is 0.905. The van der Waals surface area contributed by atoms with Crippen LogP contribution in [0.25, 0.3) is 0 Å². The molecule has 78 valence electrons. The van der Waals surface area contributed by atoms with Crippen LogP contribution in [-0.2, 0) is 4.79 Å². The van der Waals surface area contributed by atoms with Crippen LogP contribution in [0.15, 0.2) is 16.6 Å². The molecule has 0 aromatic heterocycles. The molecule has 1 aromatic carbocycles. The van der Waals surface area contributed by atoms with Crippen molar-refractivity contribution in [3.63, 3.8) is 0 Å². The van der Waals surface area contributed by atoms with Crippen LogP contribution in [0.1, 0.15) is 6.42 Å². The van der Waals surface area contributed by atoms with E-state index in [1.54, 1.807) is 6.07 Å². The third-order valence-corrected chi connectivity index (χ3v) is 2.84. The molecule has 0 saturated heterocycles. The number of carbonyl (C=O) groups is 1. The highest BCUT2D eigenvalue weighted by molar-refractivity contribution is 9.10. The number of hydrogen-bond acceptors (Lipinski definition) is 2. The van der Waals surface area contributed by atoms with Crippen LogP contribution in [-0.4, -0.2) is 5.91 Å². The van der Waals surface area contributed by atoms with Crippen molar-refractivity contribution < 1.29 is 9.18 Å². The quantitative estimate of drug-likeness (QED) is 0.851. The minimum Gasteiger partial charge on any atom is -0.325 e. The Hall–Kier alpha value is -1.12. The second kappa shape index (κ2) is 5.10. The maximum absolute atomic E-state index is 13.1. The number of nitriles is 1. The average molecular weight is 292 g/mol. The van der Waals surface area contributed by atoms with E-state index in [4.69, 9.17) is 16.9 Å². The summed E-state index contributed by atoms with van der Waals surface area (Å²) in [7, 11) is 0. The maximum atomic E-state index is 13.1. The number of carbonyl (C=O) groups excluding carboxylic acids is 1. The Morgan fingerprint density at radius 1 is 1.67 bits per heavy atom. The largest absolute Gasteiger partial charge is 0.325 e. The van der Waals surface area contributed by atoms with E-state index in [2.05, 4.69) is 21.2 Å². The number of hydrogen-bond donors (Lipinski definition) is 1. The molecule has 0 unspecified atom stereocenters. The van der Waals surface area contributed by atoms with Crippen LogP contribution in [0.3, 0.4) is 0 Å². The Labute approximate surface area is 99.0 Å². The highest BCUT2D eigenvalue weighted by Crippen LogP contribution is 2.28. The van der Waals surface area contributed by atoms with E-state index in [-0.39, 0.29) is 21.6 Å². The first-order chi connectivity index (χ1) is 7.04. The zero-order valence-corrected chi connectivity index (χ0v) is 9.69. The lowest BCUT2D eigenvalue weighted by molar-refractivity contribution is -0.115. The molecule has 15 heavy (non-hydrogen) atoms. The van der Waals surface area contributed by atoms with Crippen LogP contribution >= 0.6 is 27.5 Å². The summed E-state index contributed by atoms with van der Waals surface area (Å²) in [6.45, 7) is 0. The molecule has 0 bridgehead atoms. The number of halogens is 3. The summed E-state index contributed by atoms with van der Waals surface area (Å²) >= 11 is 8.61. The molecule has 0 spiro atoms. The lowest BCUT2D eigenvalue weighted by atomic mass is 10.3. The molecule has 1 rings (SSSR count). The summed E-state index contributed by atoms with van der Waals surface area (Å²) in [6, 6.07) is 4.19. The minimum absolute atomic E-state index is 0.141. The van der Waals surface area contributed by atoms with Gasteiger partial charge in [0.05, 0.1) is 15.6 Å². The van der Waals surface area contributed by atoms with Gasteiger partial charge in [-0.2, -0.15) is 5.26 Å². The van der Waals surface area contributed by atoms with Gasteiger partial charge in [-0.1, -0.05) is 11.6 Å². The molecule has 0 atom stereocenters. The highest BCUT2D eigenvalue weighted by Gasteiger charge is 2.08. The van der Waals surface area contributed by atoms with Crippen LogP contribution in [0, 0.1) is 17.1 Å². The summed E-state index contributed by atoms with van der Waals surface area (Å²) in [5.41, 5.74) is 0.223. The minimum atomic E-state index is -0.574. The first kappa shape index (κ1) is 12.0. The number of nitrogens with one attached hydrogen (secondary N) is 1. The summed E-state index contributed by atoms with van der Waals surface area (Å²) in [4.78, 5) is 11.0. The highest BCUT2D eigenvalue weighted by atomic mass is 79.9. The first-order valence-electron chi connectivity index (χ1n) is 3.86. The second-order valence-electron chi connectivity index (χ2n) is 2.64. The Kier molecular flexibility index (Phi) is 4.06. The number of benzene rings is 1. The summed E-state index contributed by atoms with van der Waals surface area (Å²) in [5, 5.41) is 10.7. The van der Waals surface area contributed by atoms with Gasteiger partial charge in [0.25, 0.3) is 0 Å². The SMILES string of the molecule is N#CCC(=O)Nc1cc(F)c(Br)c(Cl)c1. The summed E-state index contributed by atoms with van der Waals surface area (Å²) in [5.74, 6) is -1.08. The Bertz CT molecular complexity index is 421. The topological polar surface area (TPSA) is 52.9 Å². The van der Waals surface area contributed by atoms with Gasteiger partial charge in [-0.3, -0.25) is 4.79 Å². The third-order valence-electron chi connectivity index (χ3n) is 1.51. The van der Waals surface area contributed by atoms with Gasteiger partial charge >= 0.3 is 0 Å². The molecule has 0 fully saturated rings.